The Labute approximate surface area is 113 Å². The molecule has 2 heterocycles. The Morgan fingerprint density at radius 2 is 2.26 bits per heavy atom. The highest BCUT2D eigenvalue weighted by molar-refractivity contribution is 5.78. The molecule has 1 N–H and O–H groups in total. The summed E-state index contributed by atoms with van der Waals surface area (Å²) in [6.45, 7) is 2.92. The summed E-state index contributed by atoms with van der Waals surface area (Å²) in [7, 11) is 0. The largest absolute Gasteiger partial charge is 0.458 e. The highest BCUT2D eigenvalue weighted by Crippen LogP contribution is 2.28. The summed E-state index contributed by atoms with van der Waals surface area (Å²) < 4.78 is 11.3. The van der Waals surface area contributed by atoms with Crippen LogP contribution >= 0.6 is 0 Å². The van der Waals surface area contributed by atoms with Gasteiger partial charge in [0.25, 0.3) is 0 Å². The molecule has 1 aliphatic rings. The third-order valence-electron chi connectivity index (χ3n) is 3.81. The van der Waals surface area contributed by atoms with Gasteiger partial charge in [0.2, 0.25) is 0 Å². The molecule has 0 aliphatic carbocycles. The van der Waals surface area contributed by atoms with Crippen molar-refractivity contribution in [3.63, 3.8) is 0 Å². The summed E-state index contributed by atoms with van der Waals surface area (Å²) in [5.74, 6) is 0.665. The van der Waals surface area contributed by atoms with Crippen LogP contribution in [0.15, 0.2) is 28.7 Å². The fourth-order valence-electron chi connectivity index (χ4n) is 2.71. The molecule has 2 atom stereocenters. The van der Waals surface area contributed by atoms with E-state index >= 15 is 0 Å². The van der Waals surface area contributed by atoms with Crippen LogP contribution in [0.5, 0.6) is 0 Å². The molecule has 3 nitrogen and oxygen atoms in total. The molecule has 0 bridgehead atoms. The Kier molecular flexibility index (Phi) is 3.58. The van der Waals surface area contributed by atoms with E-state index in [2.05, 4.69) is 13.0 Å². The molecule has 0 saturated carbocycles. The second-order valence-electron chi connectivity index (χ2n) is 5.42. The second-order valence-corrected chi connectivity index (χ2v) is 5.42. The van der Waals surface area contributed by atoms with Gasteiger partial charge < -0.3 is 14.3 Å². The third-order valence-corrected chi connectivity index (χ3v) is 3.81. The smallest absolute Gasteiger partial charge is 0.134 e. The Balaban J connectivity index is 1.68. The summed E-state index contributed by atoms with van der Waals surface area (Å²) in [5, 5.41) is 11.3. The van der Waals surface area contributed by atoms with Crippen molar-refractivity contribution >= 4 is 11.0 Å². The first-order chi connectivity index (χ1) is 9.22. The van der Waals surface area contributed by atoms with Crippen LogP contribution in [0.25, 0.3) is 11.0 Å². The van der Waals surface area contributed by atoms with E-state index in [1.807, 2.05) is 18.2 Å². The minimum atomic E-state index is -0.531. The van der Waals surface area contributed by atoms with Gasteiger partial charge in [-0.25, -0.2) is 0 Å². The lowest BCUT2D eigenvalue weighted by Gasteiger charge is -2.11. The van der Waals surface area contributed by atoms with Gasteiger partial charge in [0.15, 0.2) is 0 Å². The van der Waals surface area contributed by atoms with Gasteiger partial charge in [-0.3, -0.25) is 0 Å². The molecule has 2 unspecified atom stereocenters. The number of ether oxygens (including phenoxy) is 1. The van der Waals surface area contributed by atoms with Crippen molar-refractivity contribution in [3.05, 3.63) is 35.6 Å². The molecule has 1 aromatic heterocycles. The predicted octanol–water partition coefficient (Wildman–Crippen LogP) is 3.73. The van der Waals surface area contributed by atoms with Gasteiger partial charge in [-0.1, -0.05) is 11.6 Å². The summed E-state index contributed by atoms with van der Waals surface area (Å²) in [6.07, 6.45) is 3.65. The molecule has 0 radical (unpaired) electrons. The number of benzene rings is 1. The summed E-state index contributed by atoms with van der Waals surface area (Å²) in [4.78, 5) is 0. The van der Waals surface area contributed by atoms with Crippen LogP contribution < -0.4 is 0 Å². The molecule has 2 aromatic rings. The lowest BCUT2D eigenvalue weighted by atomic mass is 10.1. The van der Waals surface area contributed by atoms with Gasteiger partial charge in [-0.05, 0) is 50.8 Å². The van der Waals surface area contributed by atoms with Gasteiger partial charge in [-0.15, -0.1) is 0 Å². The van der Waals surface area contributed by atoms with E-state index in [0.717, 1.165) is 36.8 Å². The second kappa shape index (κ2) is 5.35. The number of hydrogen-bond donors (Lipinski definition) is 1. The maximum Gasteiger partial charge on any atom is 0.134 e. The molecule has 1 aliphatic heterocycles. The highest BCUT2D eigenvalue weighted by Gasteiger charge is 2.19. The maximum atomic E-state index is 10.2. The molecular formula is C16H20O3. The van der Waals surface area contributed by atoms with Crippen LogP contribution in [0.1, 0.15) is 43.1 Å². The zero-order chi connectivity index (χ0) is 13.2. The minimum absolute atomic E-state index is 0.321. The van der Waals surface area contributed by atoms with Crippen molar-refractivity contribution in [1.82, 2.24) is 0 Å². The zero-order valence-electron chi connectivity index (χ0n) is 11.3. The Morgan fingerprint density at radius 3 is 3.05 bits per heavy atom. The summed E-state index contributed by atoms with van der Waals surface area (Å²) >= 11 is 0. The van der Waals surface area contributed by atoms with Crippen molar-refractivity contribution in [1.29, 1.82) is 0 Å². The number of aliphatic hydroxyl groups excluding tert-OH is 1. The van der Waals surface area contributed by atoms with Gasteiger partial charge in [0.05, 0.1) is 6.10 Å². The predicted molar refractivity (Wildman–Crippen MR) is 74.1 cm³/mol. The summed E-state index contributed by atoms with van der Waals surface area (Å²) in [6, 6.07) is 8.01. The molecule has 0 spiro atoms. The number of fused-ring (bicyclic) bond motifs is 1. The molecule has 3 heteroatoms. The fourth-order valence-corrected chi connectivity index (χ4v) is 2.71. The van der Waals surface area contributed by atoms with E-state index in [0.29, 0.717) is 18.3 Å². The number of hydrogen-bond acceptors (Lipinski definition) is 3. The van der Waals surface area contributed by atoms with Gasteiger partial charge in [-0.2, -0.15) is 0 Å². The van der Waals surface area contributed by atoms with Gasteiger partial charge >= 0.3 is 0 Å². The van der Waals surface area contributed by atoms with Crippen LogP contribution in [-0.2, 0) is 4.74 Å². The van der Waals surface area contributed by atoms with Crippen molar-refractivity contribution in [3.8, 4) is 0 Å². The average Bonchev–Trinajstić information content (AvgIpc) is 3.04. The van der Waals surface area contributed by atoms with E-state index in [1.165, 1.54) is 5.56 Å². The van der Waals surface area contributed by atoms with Crippen molar-refractivity contribution in [2.45, 2.75) is 44.8 Å². The zero-order valence-corrected chi connectivity index (χ0v) is 11.3. The topological polar surface area (TPSA) is 42.6 Å². The lowest BCUT2D eigenvalue weighted by Crippen LogP contribution is -2.07. The highest BCUT2D eigenvalue weighted by atomic mass is 16.5. The number of rotatable bonds is 4. The monoisotopic (exact) mass is 260 g/mol. The third kappa shape index (κ3) is 2.82. The normalized spacial score (nSPS) is 21.1. The molecule has 1 aromatic carbocycles. The molecule has 1 saturated heterocycles. The Morgan fingerprint density at radius 1 is 1.37 bits per heavy atom. The van der Waals surface area contributed by atoms with Crippen molar-refractivity contribution in [2.75, 3.05) is 6.61 Å². The average molecular weight is 260 g/mol. The van der Waals surface area contributed by atoms with E-state index in [-0.39, 0.29) is 0 Å². The standard InChI is InChI=1S/C16H20O3/c1-11-4-7-15-12(9-11)10-16(19-15)14(17)6-5-13-3-2-8-18-13/h4,7,9-10,13-14,17H,2-3,5-6,8H2,1H3. The van der Waals surface area contributed by atoms with Gasteiger partial charge in [0.1, 0.15) is 17.4 Å². The summed E-state index contributed by atoms with van der Waals surface area (Å²) in [5.41, 5.74) is 2.05. The molecule has 3 rings (SSSR count). The molecule has 0 amide bonds. The Bertz CT molecular complexity index is 552. The van der Waals surface area contributed by atoms with E-state index in [9.17, 15) is 5.11 Å². The van der Waals surface area contributed by atoms with Crippen molar-refractivity contribution < 1.29 is 14.3 Å². The number of aliphatic hydroxyl groups is 1. The fraction of sp³-hybridized carbons (Fsp3) is 0.500. The molecule has 1 fully saturated rings. The molecule has 102 valence electrons. The first-order valence-electron chi connectivity index (χ1n) is 7.02. The lowest BCUT2D eigenvalue weighted by molar-refractivity contribution is 0.0755. The first-order valence-corrected chi connectivity index (χ1v) is 7.02. The number of furan rings is 1. The molecular weight excluding hydrogens is 240 g/mol. The van der Waals surface area contributed by atoms with E-state index in [1.54, 1.807) is 0 Å². The van der Waals surface area contributed by atoms with Gasteiger partial charge in [0, 0.05) is 12.0 Å². The SMILES string of the molecule is Cc1ccc2oc(C(O)CCC3CCCO3)cc2c1. The minimum Gasteiger partial charge on any atom is -0.458 e. The first kappa shape index (κ1) is 12.7. The van der Waals surface area contributed by atoms with Crippen LogP contribution in [0.2, 0.25) is 0 Å². The van der Waals surface area contributed by atoms with Crippen LogP contribution in [0, 0.1) is 6.92 Å². The molecule has 19 heavy (non-hydrogen) atoms. The van der Waals surface area contributed by atoms with Crippen LogP contribution in [0.3, 0.4) is 0 Å². The Hall–Kier alpha value is -1.32. The number of aryl methyl sites for hydroxylation is 1. The van der Waals surface area contributed by atoms with E-state index < -0.39 is 6.10 Å². The maximum absolute atomic E-state index is 10.2. The quantitative estimate of drug-likeness (QED) is 0.910. The van der Waals surface area contributed by atoms with E-state index in [4.69, 9.17) is 9.15 Å². The van der Waals surface area contributed by atoms with Crippen molar-refractivity contribution in [2.24, 2.45) is 0 Å². The van der Waals surface area contributed by atoms with Crippen LogP contribution in [0.4, 0.5) is 0 Å². The van der Waals surface area contributed by atoms with Crippen LogP contribution in [-0.4, -0.2) is 17.8 Å².